The van der Waals surface area contributed by atoms with Crippen LogP contribution in [0, 0.1) is 12.0 Å². The second kappa shape index (κ2) is 9.03. The summed E-state index contributed by atoms with van der Waals surface area (Å²) in [4.78, 5) is 12.0. The molecule has 0 atom stereocenters. The standard InChI is InChI=1S/C7H11NO.C2H6/c1-7(9)5-4-6-8(2)3;1-2/h5H2,1-3H3;1-2H3. The van der Waals surface area contributed by atoms with Gasteiger partial charge in [-0.15, -0.1) is 0 Å². The maximum atomic E-state index is 10.3. The van der Waals surface area contributed by atoms with E-state index in [0.29, 0.717) is 6.42 Å². The first kappa shape index (κ1) is 12.7. The summed E-state index contributed by atoms with van der Waals surface area (Å²) in [6.45, 7) is 5.53. The number of ketones is 1. The first-order chi connectivity index (χ1) is 5.13. The molecule has 0 bridgehead atoms. The molecule has 0 aromatic rings. The predicted molar refractivity (Wildman–Crippen MR) is 48.1 cm³/mol. The Balaban J connectivity index is 0. The Kier molecular flexibility index (Phi) is 10.4. The molecular weight excluding hydrogens is 138 g/mol. The fraction of sp³-hybridized carbons (Fsp3) is 0.667. The van der Waals surface area contributed by atoms with E-state index in [0.717, 1.165) is 0 Å². The lowest BCUT2D eigenvalue weighted by Crippen LogP contribution is -2.01. The maximum absolute atomic E-state index is 10.3. The van der Waals surface area contributed by atoms with Crippen molar-refractivity contribution in [2.24, 2.45) is 0 Å². The summed E-state index contributed by atoms with van der Waals surface area (Å²) in [5, 5.41) is 0. The van der Waals surface area contributed by atoms with Crippen molar-refractivity contribution in [1.29, 1.82) is 0 Å². The molecule has 0 unspecified atom stereocenters. The van der Waals surface area contributed by atoms with Gasteiger partial charge in [0.05, 0.1) is 6.42 Å². The van der Waals surface area contributed by atoms with Crippen LogP contribution in [0.1, 0.15) is 27.2 Å². The molecule has 0 rings (SSSR count). The Morgan fingerprint density at radius 1 is 1.36 bits per heavy atom. The van der Waals surface area contributed by atoms with Crippen LogP contribution in [-0.2, 0) is 4.79 Å². The molecule has 2 nitrogen and oxygen atoms in total. The highest BCUT2D eigenvalue weighted by Gasteiger charge is 1.83. The van der Waals surface area contributed by atoms with Crippen molar-refractivity contribution < 1.29 is 4.79 Å². The van der Waals surface area contributed by atoms with Crippen LogP contribution in [0.25, 0.3) is 0 Å². The Hall–Kier alpha value is -0.970. The average Bonchev–Trinajstić information content (AvgIpc) is 1.90. The molecule has 0 aromatic heterocycles. The van der Waals surface area contributed by atoms with E-state index >= 15 is 0 Å². The highest BCUT2D eigenvalue weighted by molar-refractivity contribution is 5.77. The summed E-state index contributed by atoms with van der Waals surface area (Å²) < 4.78 is 0. The molecule has 0 aliphatic heterocycles. The highest BCUT2D eigenvalue weighted by Crippen LogP contribution is 1.76. The van der Waals surface area contributed by atoms with Crippen LogP contribution in [0.3, 0.4) is 0 Å². The van der Waals surface area contributed by atoms with Crippen LogP contribution in [0.15, 0.2) is 0 Å². The zero-order chi connectivity index (χ0) is 9.28. The van der Waals surface area contributed by atoms with Crippen LogP contribution in [-0.4, -0.2) is 24.8 Å². The molecule has 0 amide bonds. The van der Waals surface area contributed by atoms with Crippen LogP contribution in [0.2, 0.25) is 0 Å². The molecule has 0 saturated carbocycles. The van der Waals surface area contributed by atoms with Crippen molar-refractivity contribution in [3.63, 3.8) is 0 Å². The van der Waals surface area contributed by atoms with E-state index in [4.69, 9.17) is 0 Å². The Morgan fingerprint density at radius 2 is 1.82 bits per heavy atom. The third kappa shape index (κ3) is 17.6. The van der Waals surface area contributed by atoms with Crippen molar-refractivity contribution in [2.45, 2.75) is 27.2 Å². The van der Waals surface area contributed by atoms with Gasteiger partial charge < -0.3 is 4.90 Å². The maximum Gasteiger partial charge on any atom is 0.141 e. The van der Waals surface area contributed by atoms with Gasteiger partial charge in [0.2, 0.25) is 0 Å². The van der Waals surface area contributed by atoms with E-state index in [2.05, 4.69) is 12.0 Å². The topological polar surface area (TPSA) is 20.3 Å². The van der Waals surface area contributed by atoms with Crippen LogP contribution in [0.4, 0.5) is 0 Å². The molecule has 0 aliphatic carbocycles. The molecule has 2 heteroatoms. The third-order valence-corrected chi connectivity index (χ3v) is 0.640. The highest BCUT2D eigenvalue weighted by atomic mass is 16.1. The first-order valence-corrected chi connectivity index (χ1v) is 3.78. The fourth-order valence-electron chi connectivity index (χ4n) is 0.322. The van der Waals surface area contributed by atoms with E-state index < -0.39 is 0 Å². The number of rotatable bonds is 1. The summed E-state index contributed by atoms with van der Waals surface area (Å²) in [6.07, 6.45) is 0.359. The number of hydrogen-bond donors (Lipinski definition) is 0. The molecule has 0 aromatic carbocycles. The lowest BCUT2D eigenvalue weighted by molar-refractivity contribution is -0.116. The van der Waals surface area contributed by atoms with Gasteiger partial charge in [0.15, 0.2) is 0 Å². The van der Waals surface area contributed by atoms with Crippen LogP contribution >= 0.6 is 0 Å². The number of Topliss-reactive ketones (excluding diaryl/α,β-unsaturated/α-hetero) is 1. The van der Waals surface area contributed by atoms with Crippen molar-refractivity contribution in [2.75, 3.05) is 14.1 Å². The molecule has 0 N–H and O–H groups in total. The first-order valence-electron chi connectivity index (χ1n) is 3.78. The zero-order valence-corrected chi connectivity index (χ0v) is 8.06. The van der Waals surface area contributed by atoms with Crippen molar-refractivity contribution in [3.8, 4) is 12.0 Å². The summed E-state index contributed by atoms with van der Waals surface area (Å²) in [5.74, 6) is 2.83. The van der Waals surface area contributed by atoms with Crippen LogP contribution < -0.4 is 0 Å². The summed E-state index contributed by atoms with van der Waals surface area (Å²) in [7, 11) is 3.68. The SMILES string of the molecule is CC.CC(=O)CC#CN(C)C. The largest absolute Gasteiger partial charge is 0.339 e. The molecular formula is C9H17NO. The van der Waals surface area contributed by atoms with Gasteiger partial charge in [-0.05, 0) is 6.92 Å². The van der Waals surface area contributed by atoms with Crippen LogP contribution in [0.5, 0.6) is 0 Å². The van der Waals surface area contributed by atoms with Crippen molar-refractivity contribution in [3.05, 3.63) is 0 Å². The normalized spacial score (nSPS) is 6.64. The lowest BCUT2D eigenvalue weighted by atomic mass is 10.3. The molecule has 0 spiro atoms. The van der Waals surface area contributed by atoms with E-state index in [1.54, 1.807) is 4.90 Å². The smallest absolute Gasteiger partial charge is 0.141 e. The summed E-state index contributed by atoms with van der Waals surface area (Å²) in [5.41, 5.74) is 0. The van der Waals surface area contributed by atoms with E-state index in [-0.39, 0.29) is 5.78 Å². The minimum Gasteiger partial charge on any atom is -0.339 e. The van der Waals surface area contributed by atoms with Gasteiger partial charge in [-0.2, -0.15) is 0 Å². The third-order valence-electron chi connectivity index (χ3n) is 0.640. The van der Waals surface area contributed by atoms with Crippen molar-refractivity contribution >= 4 is 5.78 Å². The van der Waals surface area contributed by atoms with E-state index in [1.165, 1.54) is 6.92 Å². The lowest BCUT2D eigenvalue weighted by Gasteiger charge is -1.96. The molecule has 64 valence electrons. The Bertz CT molecular complexity index is 151. The number of nitrogens with zero attached hydrogens (tertiary/aromatic N) is 1. The molecule has 0 fully saturated rings. The van der Waals surface area contributed by atoms with Gasteiger partial charge in [0.25, 0.3) is 0 Å². The second-order valence-electron chi connectivity index (χ2n) is 2.06. The zero-order valence-electron chi connectivity index (χ0n) is 8.06. The quantitative estimate of drug-likeness (QED) is 0.422. The van der Waals surface area contributed by atoms with Gasteiger partial charge in [-0.1, -0.05) is 19.8 Å². The minimum atomic E-state index is 0.115. The molecule has 0 saturated heterocycles. The predicted octanol–water partition coefficient (Wildman–Crippen LogP) is 1.51. The summed E-state index contributed by atoms with van der Waals surface area (Å²) in [6, 6.07) is 2.74. The summed E-state index contributed by atoms with van der Waals surface area (Å²) >= 11 is 0. The van der Waals surface area contributed by atoms with Gasteiger partial charge >= 0.3 is 0 Å². The minimum absolute atomic E-state index is 0.115. The number of hydrogen-bond acceptors (Lipinski definition) is 2. The average molecular weight is 155 g/mol. The van der Waals surface area contributed by atoms with Gasteiger partial charge in [0.1, 0.15) is 5.78 Å². The van der Waals surface area contributed by atoms with E-state index in [9.17, 15) is 4.79 Å². The van der Waals surface area contributed by atoms with Gasteiger partial charge in [-0.25, -0.2) is 0 Å². The molecule has 0 aliphatic rings. The Morgan fingerprint density at radius 3 is 2.09 bits per heavy atom. The van der Waals surface area contributed by atoms with Gasteiger partial charge in [0, 0.05) is 20.1 Å². The van der Waals surface area contributed by atoms with E-state index in [1.807, 2.05) is 27.9 Å². The fourth-order valence-corrected chi connectivity index (χ4v) is 0.322. The molecule has 0 heterocycles. The molecule has 0 radical (unpaired) electrons. The Labute approximate surface area is 69.6 Å². The van der Waals surface area contributed by atoms with Gasteiger partial charge in [-0.3, -0.25) is 4.79 Å². The second-order valence-corrected chi connectivity index (χ2v) is 2.06. The number of carbonyl (C=O) groups excluding carboxylic acids is 1. The van der Waals surface area contributed by atoms with Crippen molar-refractivity contribution in [1.82, 2.24) is 4.90 Å². The number of carbonyl (C=O) groups is 1. The molecule has 11 heavy (non-hydrogen) atoms. The monoisotopic (exact) mass is 155 g/mol.